The minimum Gasteiger partial charge on any atom is -0.298 e. The van der Waals surface area contributed by atoms with Crippen molar-refractivity contribution in [3.63, 3.8) is 0 Å². The maximum absolute atomic E-state index is 10.9. The van der Waals surface area contributed by atoms with Gasteiger partial charge in [0.2, 0.25) is 0 Å². The van der Waals surface area contributed by atoms with Crippen LogP contribution in [0.25, 0.3) is 0 Å². The van der Waals surface area contributed by atoms with Gasteiger partial charge >= 0.3 is 0 Å². The molecule has 0 heterocycles. The van der Waals surface area contributed by atoms with E-state index in [1.54, 1.807) is 0 Å². The lowest BCUT2D eigenvalue weighted by Gasteiger charge is -2.06. The van der Waals surface area contributed by atoms with Crippen LogP contribution in [0.15, 0.2) is 23.1 Å². The summed E-state index contributed by atoms with van der Waals surface area (Å²) in [6.45, 7) is 2.17. The van der Waals surface area contributed by atoms with E-state index in [0.717, 1.165) is 23.2 Å². The molecule has 1 rings (SSSR count). The molecule has 1 N–H and O–H groups in total. The summed E-state index contributed by atoms with van der Waals surface area (Å²) in [5.74, 6) is 0. The Morgan fingerprint density at radius 2 is 2.27 bits per heavy atom. The number of aryl methyl sites for hydroxylation is 1. The number of rotatable bonds is 6. The van der Waals surface area contributed by atoms with Gasteiger partial charge in [-0.2, -0.15) is 0 Å². The molecule has 0 radical (unpaired) electrons. The summed E-state index contributed by atoms with van der Waals surface area (Å²) < 4.78 is 2.98. The summed E-state index contributed by atoms with van der Waals surface area (Å²) in [7, 11) is 1.85. The van der Waals surface area contributed by atoms with Gasteiger partial charge in [-0.1, -0.05) is 19.4 Å². The zero-order valence-corrected chi connectivity index (χ0v) is 10.1. The van der Waals surface area contributed by atoms with Gasteiger partial charge in [0.15, 0.2) is 6.29 Å². The summed E-state index contributed by atoms with van der Waals surface area (Å²) in [6.07, 6.45) is 4.34. The molecule has 0 saturated carbocycles. The lowest BCUT2D eigenvalue weighted by atomic mass is 10.1. The van der Waals surface area contributed by atoms with Crippen molar-refractivity contribution in [1.29, 1.82) is 0 Å². The second-order valence-electron chi connectivity index (χ2n) is 3.40. The van der Waals surface area contributed by atoms with Crippen LogP contribution in [0.1, 0.15) is 35.7 Å². The molecular formula is C12H17NOS. The summed E-state index contributed by atoms with van der Waals surface area (Å²) >= 11 is 1.48. The third-order valence-corrected chi connectivity index (χ3v) is 3.03. The molecule has 82 valence electrons. The van der Waals surface area contributed by atoms with Gasteiger partial charge in [0.25, 0.3) is 0 Å². The minimum atomic E-state index is 0.781. The lowest BCUT2D eigenvalue weighted by Crippen LogP contribution is -1.96. The zero-order chi connectivity index (χ0) is 11.1. The molecule has 0 atom stereocenters. The van der Waals surface area contributed by atoms with Crippen LogP contribution in [0.4, 0.5) is 0 Å². The predicted octanol–water partition coefficient (Wildman–Crippen LogP) is 3.07. The number of carbonyl (C=O) groups is 1. The number of benzene rings is 1. The Kier molecular flexibility index (Phi) is 5.43. The average Bonchev–Trinajstić information content (AvgIpc) is 2.28. The van der Waals surface area contributed by atoms with E-state index in [1.807, 2.05) is 19.2 Å². The molecule has 3 heteroatoms. The highest BCUT2D eigenvalue weighted by Gasteiger charge is 2.03. The summed E-state index contributed by atoms with van der Waals surface area (Å²) in [5.41, 5.74) is 2.03. The number of unbranched alkanes of at least 4 members (excludes halogenated alkanes) is 1. The van der Waals surface area contributed by atoms with Crippen molar-refractivity contribution in [2.45, 2.75) is 31.1 Å². The highest BCUT2D eigenvalue weighted by Crippen LogP contribution is 2.20. The van der Waals surface area contributed by atoms with Crippen LogP contribution in [-0.2, 0) is 6.42 Å². The van der Waals surface area contributed by atoms with Crippen LogP contribution in [-0.4, -0.2) is 13.3 Å². The van der Waals surface area contributed by atoms with Crippen molar-refractivity contribution in [3.8, 4) is 0 Å². The van der Waals surface area contributed by atoms with E-state index in [0.29, 0.717) is 0 Å². The van der Waals surface area contributed by atoms with E-state index in [1.165, 1.54) is 30.4 Å². The number of hydrogen-bond donors (Lipinski definition) is 1. The molecule has 0 fully saturated rings. The van der Waals surface area contributed by atoms with Crippen LogP contribution >= 0.6 is 11.9 Å². The van der Waals surface area contributed by atoms with E-state index in [2.05, 4.69) is 17.7 Å². The standard InChI is InChI=1S/C12H17NOS/c1-3-4-5-10-6-7-12(15-13-2)11(8-10)9-14/h6-9,13H,3-5H2,1-2H3. The molecule has 0 aliphatic carbocycles. The van der Waals surface area contributed by atoms with Gasteiger partial charge < -0.3 is 0 Å². The molecule has 1 aromatic carbocycles. The Balaban J connectivity index is 2.81. The van der Waals surface area contributed by atoms with Crippen LogP contribution in [0, 0.1) is 0 Å². The van der Waals surface area contributed by atoms with Gasteiger partial charge in [-0.15, -0.1) is 0 Å². The third-order valence-electron chi connectivity index (χ3n) is 2.23. The Morgan fingerprint density at radius 1 is 1.47 bits per heavy atom. The topological polar surface area (TPSA) is 29.1 Å². The molecule has 0 saturated heterocycles. The summed E-state index contributed by atoms with van der Waals surface area (Å²) in [4.78, 5) is 11.9. The third kappa shape index (κ3) is 3.68. The smallest absolute Gasteiger partial charge is 0.151 e. The van der Waals surface area contributed by atoms with Crippen molar-refractivity contribution < 1.29 is 4.79 Å². The maximum atomic E-state index is 10.9. The van der Waals surface area contributed by atoms with Gasteiger partial charge in [0, 0.05) is 10.5 Å². The molecule has 0 aliphatic rings. The molecule has 1 aromatic rings. The number of hydrogen-bond acceptors (Lipinski definition) is 3. The molecule has 0 spiro atoms. The van der Waals surface area contributed by atoms with Crippen molar-refractivity contribution in [1.82, 2.24) is 4.72 Å². The summed E-state index contributed by atoms with van der Waals surface area (Å²) in [5, 5.41) is 0. The molecular weight excluding hydrogens is 206 g/mol. The first kappa shape index (κ1) is 12.3. The van der Waals surface area contributed by atoms with Crippen molar-refractivity contribution in [3.05, 3.63) is 29.3 Å². The molecule has 0 amide bonds. The van der Waals surface area contributed by atoms with Crippen LogP contribution in [0.3, 0.4) is 0 Å². The van der Waals surface area contributed by atoms with E-state index >= 15 is 0 Å². The van der Waals surface area contributed by atoms with Gasteiger partial charge in [0.1, 0.15) is 0 Å². The summed E-state index contributed by atoms with van der Waals surface area (Å²) in [6, 6.07) is 6.10. The van der Waals surface area contributed by atoms with Gasteiger partial charge in [-0.3, -0.25) is 9.52 Å². The average molecular weight is 223 g/mol. The second kappa shape index (κ2) is 6.64. The van der Waals surface area contributed by atoms with Gasteiger partial charge in [-0.05, 0) is 49.5 Å². The fourth-order valence-corrected chi connectivity index (χ4v) is 2.01. The fourth-order valence-electron chi connectivity index (χ4n) is 1.43. The fraction of sp³-hybridized carbons (Fsp3) is 0.417. The zero-order valence-electron chi connectivity index (χ0n) is 9.25. The molecule has 0 aliphatic heterocycles. The van der Waals surface area contributed by atoms with Crippen LogP contribution in [0.2, 0.25) is 0 Å². The number of nitrogens with one attached hydrogen (secondary N) is 1. The Labute approximate surface area is 95.6 Å². The highest BCUT2D eigenvalue weighted by atomic mass is 32.2. The molecule has 2 nitrogen and oxygen atoms in total. The van der Waals surface area contributed by atoms with E-state index in [-0.39, 0.29) is 0 Å². The van der Waals surface area contributed by atoms with Crippen LogP contribution in [0.5, 0.6) is 0 Å². The highest BCUT2D eigenvalue weighted by molar-refractivity contribution is 7.97. The largest absolute Gasteiger partial charge is 0.298 e. The Bertz CT molecular complexity index is 325. The van der Waals surface area contributed by atoms with E-state index in [9.17, 15) is 4.79 Å². The van der Waals surface area contributed by atoms with E-state index < -0.39 is 0 Å². The normalized spacial score (nSPS) is 10.3. The van der Waals surface area contributed by atoms with E-state index in [4.69, 9.17) is 0 Å². The maximum Gasteiger partial charge on any atom is 0.151 e. The minimum absolute atomic E-state index is 0.781. The Morgan fingerprint density at radius 3 is 2.87 bits per heavy atom. The van der Waals surface area contributed by atoms with Crippen molar-refractivity contribution in [2.75, 3.05) is 7.05 Å². The monoisotopic (exact) mass is 223 g/mol. The number of carbonyl (C=O) groups excluding carboxylic acids is 1. The quantitative estimate of drug-likeness (QED) is 0.593. The predicted molar refractivity (Wildman–Crippen MR) is 65.4 cm³/mol. The van der Waals surface area contributed by atoms with Crippen molar-refractivity contribution >= 4 is 18.2 Å². The SMILES string of the molecule is CCCCc1ccc(SNC)c(C=O)c1. The molecule has 0 aromatic heterocycles. The molecule has 0 unspecified atom stereocenters. The molecule has 15 heavy (non-hydrogen) atoms. The Hall–Kier alpha value is -0.800. The van der Waals surface area contributed by atoms with Crippen molar-refractivity contribution in [2.24, 2.45) is 0 Å². The number of aldehydes is 1. The van der Waals surface area contributed by atoms with Gasteiger partial charge in [-0.25, -0.2) is 0 Å². The molecule has 0 bridgehead atoms. The first-order chi connectivity index (χ1) is 7.31. The first-order valence-corrected chi connectivity index (χ1v) is 6.05. The second-order valence-corrected chi connectivity index (χ2v) is 4.45. The van der Waals surface area contributed by atoms with Gasteiger partial charge in [0.05, 0.1) is 0 Å². The first-order valence-electron chi connectivity index (χ1n) is 5.23. The lowest BCUT2D eigenvalue weighted by molar-refractivity contribution is 0.112. The van der Waals surface area contributed by atoms with Crippen LogP contribution < -0.4 is 4.72 Å².